The summed E-state index contributed by atoms with van der Waals surface area (Å²) in [7, 11) is 0. The number of aliphatic hydroxyl groups excluding tert-OH is 1. The highest BCUT2D eigenvalue weighted by atomic mass is 35.5. The molecule has 2 aromatic heterocycles. The molecule has 0 aromatic carbocycles. The summed E-state index contributed by atoms with van der Waals surface area (Å²) in [5, 5.41) is 11.0. The highest BCUT2D eigenvalue weighted by Gasteiger charge is 2.29. The number of hydrogen-bond acceptors (Lipinski definition) is 7. The van der Waals surface area contributed by atoms with Crippen LogP contribution < -0.4 is 9.64 Å². The highest BCUT2D eigenvalue weighted by Crippen LogP contribution is 2.22. The molecule has 2 unspecified atom stereocenters. The summed E-state index contributed by atoms with van der Waals surface area (Å²) in [4.78, 5) is 18.0. The number of aliphatic hydroxyl groups is 1. The van der Waals surface area contributed by atoms with Gasteiger partial charge in [0.15, 0.2) is 5.75 Å². The van der Waals surface area contributed by atoms with Crippen molar-refractivity contribution >= 4 is 29.2 Å². The Labute approximate surface area is 170 Å². The van der Waals surface area contributed by atoms with Crippen molar-refractivity contribution in [1.29, 1.82) is 0 Å². The van der Waals surface area contributed by atoms with E-state index in [0.29, 0.717) is 29.9 Å². The predicted octanol–water partition coefficient (Wildman–Crippen LogP) is 3.89. The summed E-state index contributed by atoms with van der Waals surface area (Å²) >= 11 is 11.4. The highest BCUT2D eigenvalue weighted by molar-refractivity contribution is 6.30. The molecule has 0 spiro atoms. The third-order valence-electron chi connectivity index (χ3n) is 3.67. The Balaban J connectivity index is 0.000000855. The zero-order valence-corrected chi connectivity index (χ0v) is 17.7. The van der Waals surface area contributed by atoms with Crippen molar-refractivity contribution in [2.75, 3.05) is 24.6 Å². The number of hydrogen-bond donors (Lipinski definition) is 1. The van der Waals surface area contributed by atoms with Gasteiger partial charge >= 0.3 is 0 Å². The smallest absolute Gasteiger partial charge is 0.225 e. The zero-order chi connectivity index (χ0) is 20.2. The maximum atomic E-state index is 10.3. The van der Waals surface area contributed by atoms with Crippen molar-refractivity contribution in [3.8, 4) is 5.75 Å². The van der Waals surface area contributed by atoms with Crippen molar-refractivity contribution in [2.45, 2.75) is 40.2 Å². The van der Waals surface area contributed by atoms with Crippen molar-refractivity contribution in [3.63, 3.8) is 0 Å². The molecule has 0 bridgehead atoms. The second-order valence-corrected chi connectivity index (χ2v) is 6.04. The van der Waals surface area contributed by atoms with Gasteiger partial charge in [-0.1, -0.05) is 39.3 Å². The minimum Gasteiger partial charge on any atom is -0.490 e. The third kappa shape index (κ3) is 7.44. The number of β-amino-alcohol motifs (C(OH)–C–C–N with tert-alkyl or cyclic N) is 1. The first-order chi connectivity index (χ1) is 13.1. The summed E-state index contributed by atoms with van der Waals surface area (Å²) < 4.78 is 5.62. The van der Waals surface area contributed by atoms with Crippen molar-refractivity contribution < 1.29 is 9.84 Å². The molecule has 1 fully saturated rings. The minimum absolute atomic E-state index is 0.0224. The van der Waals surface area contributed by atoms with E-state index in [-0.39, 0.29) is 11.2 Å². The van der Waals surface area contributed by atoms with E-state index in [2.05, 4.69) is 19.9 Å². The Morgan fingerprint density at radius 2 is 1.63 bits per heavy atom. The van der Waals surface area contributed by atoms with Crippen LogP contribution >= 0.6 is 23.2 Å². The molecule has 1 aliphatic rings. The van der Waals surface area contributed by atoms with Gasteiger partial charge < -0.3 is 14.7 Å². The number of aromatic nitrogens is 4. The number of ether oxygens (including phenoxy) is 1. The summed E-state index contributed by atoms with van der Waals surface area (Å²) in [5.74, 6) is 1.12. The van der Waals surface area contributed by atoms with E-state index in [1.165, 1.54) is 12.4 Å². The number of halogens is 2. The van der Waals surface area contributed by atoms with Gasteiger partial charge in [-0.2, -0.15) is 0 Å². The van der Waals surface area contributed by atoms with Crippen LogP contribution in [0.3, 0.4) is 0 Å². The van der Waals surface area contributed by atoms with Gasteiger partial charge in [-0.05, 0) is 18.0 Å². The zero-order valence-electron chi connectivity index (χ0n) is 16.1. The lowest BCUT2D eigenvalue weighted by atomic mass is 9.95. The molecule has 7 nitrogen and oxygen atoms in total. The first kappa shape index (κ1) is 23.3. The topological polar surface area (TPSA) is 84.3 Å². The summed E-state index contributed by atoms with van der Waals surface area (Å²) in [6.07, 6.45) is 6.35. The molecule has 1 saturated heterocycles. The lowest BCUT2D eigenvalue weighted by Crippen LogP contribution is -2.46. The summed E-state index contributed by atoms with van der Waals surface area (Å²) in [6, 6.07) is 0. The Kier molecular flexibility index (Phi) is 10.9. The van der Waals surface area contributed by atoms with Crippen LogP contribution in [0, 0.1) is 5.92 Å². The molecule has 0 saturated carbocycles. The van der Waals surface area contributed by atoms with E-state index >= 15 is 0 Å². The first-order valence-electron chi connectivity index (χ1n) is 9.13. The van der Waals surface area contributed by atoms with E-state index in [4.69, 9.17) is 27.9 Å². The fourth-order valence-corrected chi connectivity index (χ4v) is 2.60. The second kappa shape index (κ2) is 12.6. The van der Waals surface area contributed by atoms with Crippen LogP contribution in [0.5, 0.6) is 5.75 Å². The number of anilines is 1. The molecule has 0 amide bonds. The van der Waals surface area contributed by atoms with Crippen LogP contribution in [-0.4, -0.2) is 50.8 Å². The van der Waals surface area contributed by atoms with Gasteiger partial charge in [0.2, 0.25) is 11.2 Å². The molecule has 9 heteroatoms. The Morgan fingerprint density at radius 3 is 2.19 bits per heavy atom. The quantitative estimate of drug-likeness (QED) is 0.757. The van der Waals surface area contributed by atoms with Crippen LogP contribution in [0.25, 0.3) is 0 Å². The predicted molar refractivity (Wildman–Crippen MR) is 109 cm³/mol. The standard InChI is InChI=1S/C14H15Cl2N5O2.2C2H6/c15-10-3-19-14(20-4-10)21-2-1-9(12(22)7-21)8-23-11-5-17-13(16)18-6-11;2*1-2/h3-6,9,12,22H,1-2,7-8H2;2*1-2H3. The Bertz CT molecular complexity index is 643. The summed E-state index contributed by atoms with van der Waals surface area (Å²) in [5.41, 5.74) is 0. The van der Waals surface area contributed by atoms with E-state index < -0.39 is 6.10 Å². The molecular weight excluding hydrogens is 389 g/mol. The van der Waals surface area contributed by atoms with Crippen molar-refractivity contribution in [3.05, 3.63) is 35.1 Å². The monoisotopic (exact) mass is 415 g/mol. The molecule has 3 heterocycles. The number of rotatable bonds is 4. The van der Waals surface area contributed by atoms with E-state index in [9.17, 15) is 5.11 Å². The molecule has 1 aliphatic heterocycles. The fourth-order valence-electron chi connectivity index (χ4n) is 2.40. The van der Waals surface area contributed by atoms with E-state index in [0.717, 1.165) is 13.0 Å². The lowest BCUT2D eigenvalue weighted by Gasteiger charge is -2.35. The Morgan fingerprint density at radius 1 is 1.04 bits per heavy atom. The molecule has 1 N–H and O–H groups in total. The van der Waals surface area contributed by atoms with Crippen LogP contribution in [0.1, 0.15) is 34.1 Å². The first-order valence-corrected chi connectivity index (χ1v) is 9.88. The van der Waals surface area contributed by atoms with Gasteiger partial charge in [-0.15, -0.1) is 0 Å². The van der Waals surface area contributed by atoms with Crippen LogP contribution in [0.2, 0.25) is 10.3 Å². The molecule has 27 heavy (non-hydrogen) atoms. The van der Waals surface area contributed by atoms with Gasteiger partial charge in [0.05, 0.1) is 42.5 Å². The molecule has 0 radical (unpaired) electrons. The van der Waals surface area contributed by atoms with E-state index in [1.54, 1.807) is 12.4 Å². The molecule has 0 aliphatic carbocycles. The molecule has 150 valence electrons. The second-order valence-electron chi connectivity index (χ2n) is 5.26. The number of nitrogens with zero attached hydrogens (tertiary/aromatic N) is 5. The average molecular weight is 416 g/mol. The Hall–Kier alpha value is -1.70. The SMILES string of the molecule is CC.CC.OC1CN(c2ncc(Cl)cn2)CCC1COc1cnc(Cl)nc1. The van der Waals surface area contributed by atoms with Crippen molar-refractivity contribution in [1.82, 2.24) is 19.9 Å². The van der Waals surface area contributed by atoms with Crippen molar-refractivity contribution in [2.24, 2.45) is 5.92 Å². The molecule has 3 rings (SSSR count). The van der Waals surface area contributed by atoms with Gasteiger partial charge in [-0.3, -0.25) is 0 Å². The largest absolute Gasteiger partial charge is 0.490 e. The van der Waals surface area contributed by atoms with Crippen LogP contribution in [0.4, 0.5) is 5.95 Å². The molecule has 2 aromatic rings. The maximum Gasteiger partial charge on any atom is 0.225 e. The van der Waals surface area contributed by atoms with E-state index in [1.807, 2.05) is 32.6 Å². The number of piperidine rings is 1. The van der Waals surface area contributed by atoms with Crippen LogP contribution in [0.15, 0.2) is 24.8 Å². The molecular formula is C18H27Cl2N5O2. The van der Waals surface area contributed by atoms with Gasteiger partial charge in [-0.25, -0.2) is 19.9 Å². The lowest BCUT2D eigenvalue weighted by molar-refractivity contribution is 0.0611. The summed E-state index contributed by atoms with van der Waals surface area (Å²) in [6.45, 7) is 9.58. The molecule has 2 atom stereocenters. The minimum atomic E-state index is -0.531. The van der Waals surface area contributed by atoms with Gasteiger partial charge in [0.25, 0.3) is 0 Å². The maximum absolute atomic E-state index is 10.3. The fraction of sp³-hybridized carbons (Fsp3) is 0.556. The van der Waals surface area contributed by atoms with Crippen LogP contribution in [-0.2, 0) is 0 Å². The van der Waals surface area contributed by atoms with Gasteiger partial charge in [0.1, 0.15) is 0 Å². The average Bonchev–Trinajstić information content (AvgIpc) is 2.72. The normalized spacial score (nSPS) is 18.6. The third-order valence-corrected chi connectivity index (χ3v) is 4.06. The van der Waals surface area contributed by atoms with Gasteiger partial charge in [0, 0.05) is 19.0 Å².